The molecule has 0 N–H and O–H groups in total. The highest BCUT2D eigenvalue weighted by atomic mass is 16.6. The lowest BCUT2D eigenvalue weighted by Gasteiger charge is -1.90. The number of rotatable bonds is 3. The number of methoxy groups -OCH3 is 1. The van der Waals surface area contributed by atoms with Gasteiger partial charge in [-0.25, -0.2) is 4.79 Å². The minimum Gasteiger partial charge on any atom is -0.467 e. The van der Waals surface area contributed by atoms with Crippen LogP contribution in [0.5, 0.6) is 0 Å². The van der Waals surface area contributed by atoms with Crippen molar-refractivity contribution in [3.8, 4) is 0 Å². The van der Waals surface area contributed by atoms with Crippen LogP contribution in [0.1, 0.15) is 19.8 Å². The van der Waals surface area contributed by atoms with E-state index in [2.05, 4.69) is 11.7 Å². The van der Waals surface area contributed by atoms with Gasteiger partial charge >= 0.3 is 5.97 Å². The Balaban J connectivity index is 2.18. The van der Waals surface area contributed by atoms with Gasteiger partial charge in [-0.15, -0.1) is 0 Å². The fourth-order valence-corrected chi connectivity index (χ4v) is 0.970. The Bertz CT molecular complexity index is 133. The van der Waals surface area contributed by atoms with Gasteiger partial charge in [0.2, 0.25) is 0 Å². The van der Waals surface area contributed by atoms with Gasteiger partial charge in [0.1, 0.15) is 0 Å². The third kappa shape index (κ3) is 1.48. The average Bonchev–Trinajstić information content (AvgIpc) is 2.67. The number of hydrogen-bond acceptors (Lipinski definition) is 3. The zero-order chi connectivity index (χ0) is 7.56. The quantitative estimate of drug-likeness (QED) is 0.433. The van der Waals surface area contributed by atoms with Gasteiger partial charge in [-0.3, -0.25) is 0 Å². The summed E-state index contributed by atoms with van der Waals surface area (Å²) in [4.78, 5) is 10.7. The van der Waals surface area contributed by atoms with Crippen molar-refractivity contribution in [2.45, 2.75) is 32.0 Å². The fourth-order valence-electron chi connectivity index (χ4n) is 0.970. The normalized spacial score (nSPS) is 29.8. The first kappa shape index (κ1) is 7.54. The molecule has 0 aromatic heterocycles. The van der Waals surface area contributed by atoms with Crippen LogP contribution >= 0.6 is 0 Å². The molecule has 0 aromatic carbocycles. The Morgan fingerprint density at radius 3 is 2.90 bits per heavy atom. The SMILES string of the molecule is CCC[C@H]1O[C@@H]1C(=O)OC. The van der Waals surface area contributed by atoms with Gasteiger partial charge in [0, 0.05) is 0 Å². The van der Waals surface area contributed by atoms with E-state index in [1.54, 1.807) is 0 Å². The van der Waals surface area contributed by atoms with E-state index < -0.39 is 0 Å². The van der Waals surface area contributed by atoms with E-state index in [0.29, 0.717) is 0 Å². The molecule has 0 saturated carbocycles. The maximum absolute atomic E-state index is 10.7. The van der Waals surface area contributed by atoms with Crippen LogP contribution in [0.25, 0.3) is 0 Å². The molecule has 0 unspecified atom stereocenters. The minimum absolute atomic E-state index is 0.137. The molecule has 0 spiro atoms. The highest BCUT2D eigenvalue weighted by molar-refractivity contribution is 5.77. The zero-order valence-corrected chi connectivity index (χ0v) is 6.29. The van der Waals surface area contributed by atoms with Crippen molar-refractivity contribution in [1.29, 1.82) is 0 Å². The van der Waals surface area contributed by atoms with Gasteiger partial charge in [0.05, 0.1) is 13.2 Å². The summed E-state index contributed by atoms with van der Waals surface area (Å²) in [6, 6.07) is 0. The number of ether oxygens (including phenoxy) is 2. The first-order valence-corrected chi connectivity index (χ1v) is 3.53. The standard InChI is InChI=1S/C7H12O3/c1-3-4-5-6(10-5)7(8)9-2/h5-6H,3-4H2,1-2H3/t5-,6+/m1/s1. The van der Waals surface area contributed by atoms with Gasteiger partial charge < -0.3 is 9.47 Å². The fraction of sp³-hybridized carbons (Fsp3) is 0.857. The molecule has 0 radical (unpaired) electrons. The lowest BCUT2D eigenvalue weighted by atomic mass is 10.2. The van der Waals surface area contributed by atoms with E-state index in [-0.39, 0.29) is 18.2 Å². The van der Waals surface area contributed by atoms with E-state index in [4.69, 9.17) is 4.74 Å². The molecule has 0 bridgehead atoms. The number of hydrogen-bond donors (Lipinski definition) is 0. The van der Waals surface area contributed by atoms with Gasteiger partial charge in [-0.1, -0.05) is 13.3 Å². The Morgan fingerprint density at radius 2 is 2.40 bits per heavy atom. The summed E-state index contributed by atoms with van der Waals surface area (Å²) in [6.07, 6.45) is 1.89. The number of esters is 1. The van der Waals surface area contributed by atoms with Gasteiger partial charge in [0.15, 0.2) is 6.10 Å². The zero-order valence-electron chi connectivity index (χ0n) is 6.29. The molecule has 1 rings (SSSR count). The highest BCUT2D eigenvalue weighted by Crippen LogP contribution is 2.27. The highest BCUT2D eigenvalue weighted by Gasteiger charge is 2.44. The molecular formula is C7H12O3. The third-order valence-electron chi connectivity index (χ3n) is 1.59. The summed E-state index contributed by atoms with van der Waals surface area (Å²) in [7, 11) is 1.38. The maximum Gasteiger partial charge on any atom is 0.337 e. The summed E-state index contributed by atoms with van der Waals surface area (Å²) in [5.74, 6) is -0.238. The molecule has 3 nitrogen and oxygen atoms in total. The Kier molecular flexibility index (Phi) is 2.27. The van der Waals surface area contributed by atoms with Gasteiger partial charge in [0.25, 0.3) is 0 Å². The molecule has 3 heteroatoms. The minimum atomic E-state index is -0.259. The predicted molar refractivity (Wildman–Crippen MR) is 35.6 cm³/mol. The van der Waals surface area contributed by atoms with E-state index in [9.17, 15) is 4.79 Å². The lowest BCUT2D eigenvalue weighted by molar-refractivity contribution is -0.142. The monoisotopic (exact) mass is 144 g/mol. The number of carbonyl (C=O) groups excluding carboxylic acids is 1. The first-order chi connectivity index (χ1) is 4.79. The second-order valence-corrected chi connectivity index (χ2v) is 2.41. The smallest absolute Gasteiger partial charge is 0.337 e. The second kappa shape index (κ2) is 3.01. The van der Waals surface area contributed by atoms with E-state index >= 15 is 0 Å². The molecule has 0 amide bonds. The summed E-state index contributed by atoms with van der Waals surface area (Å²) < 4.78 is 9.52. The summed E-state index contributed by atoms with van der Waals surface area (Å²) in [5.41, 5.74) is 0. The molecular weight excluding hydrogens is 132 g/mol. The van der Waals surface area contributed by atoms with Crippen LogP contribution in [0.2, 0.25) is 0 Å². The lowest BCUT2D eigenvalue weighted by Crippen LogP contribution is -2.11. The van der Waals surface area contributed by atoms with Crippen LogP contribution in [-0.4, -0.2) is 25.3 Å². The molecule has 1 saturated heterocycles. The molecule has 0 aromatic rings. The summed E-state index contributed by atoms with van der Waals surface area (Å²) in [5, 5.41) is 0. The van der Waals surface area contributed by atoms with E-state index in [1.165, 1.54) is 7.11 Å². The van der Waals surface area contributed by atoms with Crippen molar-refractivity contribution < 1.29 is 14.3 Å². The first-order valence-electron chi connectivity index (χ1n) is 3.53. The maximum atomic E-state index is 10.7. The average molecular weight is 144 g/mol. The molecule has 58 valence electrons. The van der Waals surface area contributed by atoms with Crippen LogP contribution in [0.3, 0.4) is 0 Å². The molecule has 1 aliphatic rings. The molecule has 1 fully saturated rings. The van der Waals surface area contributed by atoms with E-state index in [0.717, 1.165) is 12.8 Å². The van der Waals surface area contributed by atoms with E-state index in [1.807, 2.05) is 0 Å². The van der Waals surface area contributed by atoms with Crippen molar-refractivity contribution in [3.63, 3.8) is 0 Å². The summed E-state index contributed by atoms with van der Waals surface area (Å²) >= 11 is 0. The van der Waals surface area contributed by atoms with Crippen LogP contribution in [0.15, 0.2) is 0 Å². The molecule has 1 heterocycles. The molecule has 1 aliphatic heterocycles. The molecule has 10 heavy (non-hydrogen) atoms. The van der Waals surface area contributed by atoms with Crippen molar-refractivity contribution in [2.75, 3.05) is 7.11 Å². The van der Waals surface area contributed by atoms with Crippen LogP contribution in [0, 0.1) is 0 Å². The van der Waals surface area contributed by atoms with Crippen molar-refractivity contribution in [3.05, 3.63) is 0 Å². The molecule has 0 aliphatic carbocycles. The second-order valence-electron chi connectivity index (χ2n) is 2.41. The predicted octanol–water partition coefficient (Wildman–Crippen LogP) is 0.727. The largest absolute Gasteiger partial charge is 0.467 e. The van der Waals surface area contributed by atoms with Crippen LogP contribution < -0.4 is 0 Å². The number of carbonyl (C=O) groups is 1. The topological polar surface area (TPSA) is 38.8 Å². The molecule has 2 atom stereocenters. The van der Waals surface area contributed by atoms with Gasteiger partial charge in [-0.05, 0) is 6.42 Å². The van der Waals surface area contributed by atoms with Crippen LogP contribution in [-0.2, 0) is 14.3 Å². The number of epoxide rings is 1. The van der Waals surface area contributed by atoms with Crippen molar-refractivity contribution in [2.24, 2.45) is 0 Å². The summed E-state index contributed by atoms with van der Waals surface area (Å²) in [6.45, 7) is 2.07. The Labute approximate surface area is 60.3 Å². The van der Waals surface area contributed by atoms with Gasteiger partial charge in [-0.2, -0.15) is 0 Å². The van der Waals surface area contributed by atoms with Crippen LogP contribution in [0.4, 0.5) is 0 Å². The van der Waals surface area contributed by atoms with Crippen molar-refractivity contribution >= 4 is 5.97 Å². The Hall–Kier alpha value is -0.570. The van der Waals surface area contributed by atoms with Crippen molar-refractivity contribution in [1.82, 2.24) is 0 Å². The third-order valence-corrected chi connectivity index (χ3v) is 1.59. The Morgan fingerprint density at radius 1 is 1.70 bits per heavy atom.